The Labute approximate surface area is 116 Å². The Morgan fingerprint density at radius 2 is 2.05 bits per heavy atom. The Kier molecular flexibility index (Phi) is 5.92. The van der Waals surface area contributed by atoms with Crippen LogP contribution in [0.25, 0.3) is 0 Å². The molecule has 0 saturated heterocycles. The van der Waals surface area contributed by atoms with Gasteiger partial charge in [0, 0.05) is 18.4 Å². The summed E-state index contributed by atoms with van der Waals surface area (Å²) in [6.07, 6.45) is 6.15. The number of ketones is 1. The standard InChI is InChI=1S/C16H27NO2/c1-5-6-7-8-9-17-13-10-12(2)14(18)11-16(3,4)15(13)19/h10,15,19H,5-9,11H2,1-4H3. The molecule has 0 aromatic rings. The first-order valence-corrected chi connectivity index (χ1v) is 7.32. The highest BCUT2D eigenvalue weighted by Gasteiger charge is 2.36. The number of unbranched alkanes of at least 4 members (excludes halogenated alkanes) is 3. The molecule has 1 unspecified atom stereocenters. The number of carbonyl (C=O) groups is 1. The van der Waals surface area contributed by atoms with E-state index in [1.54, 1.807) is 6.08 Å². The minimum absolute atomic E-state index is 0.111. The van der Waals surface area contributed by atoms with E-state index in [9.17, 15) is 9.90 Å². The first kappa shape index (κ1) is 16.1. The van der Waals surface area contributed by atoms with Gasteiger partial charge in [-0.15, -0.1) is 0 Å². The number of carbonyl (C=O) groups excluding carboxylic acids is 1. The van der Waals surface area contributed by atoms with Gasteiger partial charge in [0.15, 0.2) is 5.78 Å². The SMILES string of the molecule is CCCCCCN=C1C=C(C)C(=O)CC(C)(C)C1O. The summed E-state index contributed by atoms with van der Waals surface area (Å²) >= 11 is 0. The smallest absolute Gasteiger partial charge is 0.159 e. The fraction of sp³-hybridized carbons (Fsp3) is 0.750. The maximum Gasteiger partial charge on any atom is 0.159 e. The van der Waals surface area contributed by atoms with Gasteiger partial charge in [-0.3, -0.25) is 9.79 Å². The number of allylic oxidation sites excluding steroid dienone is 1. The van der Waals surface area contributed by atoms with Crippen LogP contribution < -0.4 is 0 Å². The fourth-order valence-corrected chi connectivity index (χ4v) is 2.31. The van der Waals surface area contributed by atoms with Gasteiger partial charge < -0.3 is 5.11 Å². The van der Waals surface area contributed by atoms with E-state index in [2.05, 4.69) is 11.9 Å². The lowest BCUT2D eigenvalue weighted by molar-refractivity contribution is -0.118. The van der Waals surface area contributed by atoms with Gasteiger partial charge in [-0.1, -0.05) is 40.0 Å². The zero-order chi connectivity index (χ0) is 14.5. The zero-order valence-electron chi connectivity index (χ0n) is 12.7. The van der Waals surface area contributed by atoms with Gasteiger partial charge >= 0.3 is 0 Å². The average Bonchev–Trinajstić information content (AvgIpc) is 2.41. The van der Waals surface area contributed by atoms with Crippen LogP contribution in [0.15, 0.2) is 16.6 Å². The first-order chi connectivity index (χ1) is 8.88. The third-order valence-electron chi connectivity index (χ3n) is 3.75. The van der Waals surface area contributed by atoms with Crippen LogP contribution in [-0.2, 0) is 4.79 Å². The molecule has 108 valence electrons. The molecule has 3 nitrogen and oxygen atoms in total. The lowest BCUT2D eigenvalue weighted by Crippen LogP contribution is -2.35. The molecule has 19 heavy (non-hydrogen) atoms. The van der Waals surface area contributed by atoms with Crippen molar-refractivity contribution in [1.82, 2.24) is 0 Å². The molecular formula is C16H27NO2. The summed E-state index contributed by atoms with van der Waals surface area (Å²) in [5.41, 5.74) is 0.940. The van der Waals surface area contributed by atoms with Crippen molar-refractivity contribution in [2.75, 3.05) is 6.54 Å². The normalized spacial score (nSPS) is 25.3. The monoisotopic (exact) mass is 265 g/mol. The highest BCUT2D eigenvalue weighted by atomic mass is 16.3. The molecule has 1 aliphatic rings. The molecule has 0 saturated carbocycles. The van der Waals surface area contributed by atoms with Gasteiger partial charge in [0.05, 0.1) is 5.71 Å². The number of aliphatic imine (C=N–C) groups is 1. The molecule has 0 aliphatic heterocycles. The third kappa shape index (κ3) is 4.57. The topological polar surface area (TPSA) is 49.7 Å². The van der Waals surface area contributed by atoms with E-state index in [0.717, 1.165) is 13.0 Å². The zero-order valence-corrected chi connectivity index (χ0v) is 12.7. The van der Waals surface area contributed by atoms with Crippen LogP contribution >= 0.6 is 0 Å². The number of aliphatic hydroxyl groups excluding tert-OH is 1. The molecule has 0 aromatic carbocycles. The molecule has 0 amide bonds. The molecule has 0 spiro atoms. The number of hydrogen-bond donors (Lipinski definition) is 1. The van der Waals surface area contributed by atoms with Crippen LogP contribution in [0.4, 0.5) is 0 Å². The summed E-state index contributed by atoms with van der Waals surface area (Å²) in [6, 6.07) is 0. The molecule has 0 bridgehead atoms. The molecule has 0 heterocycles. The lowest BCUT2D eigenvalue weighted by atomic mass is 9.81. The second-order valence-electron chi connectivity index (χ2n) is 6.19. The van der Waals surface area contributed by atoms with Crippen LogP contribution in [0.2, 0.25) is 0 Å². The van der Waals surface area contributed by atoms with E-state index in [1.807, 2.05) is 20.8 Å². The summed E-state index contributed by atoms with van der Waals surface area (Å²) in [6.45, 7) is 8.58. The molecule has 3 heteroatoms. The van der Waals surface area contributed by atoms with Gasteiger partial charge in [-0.05, 0) is 25.0 Å². The Morgan fingerprint density at radius 1 is 1.37 bits per heavy atom. The lowest BCUT2D eigenvalue weighted by Gasteiger charge is -2.28. The van der Waals surface area contributed by atoms with Crippen molar-refractivity contribution in [2.45, 2.75) is 65.9 Å². The van der Waals surface area contributed by atoms with Crippen molar-refractivity contribution >= 4 is 11.5 Å². The Bertz CT molecular complexity index is 380. The predicted molar refractivity (Wildman–Crippen MR) is 79.6 cm³/mol. The molecule has 0 radical (unpaired) electrons. The van der Waals surface area contributed by atoms with Crippen LogP contribution in [0, 0.1) is 5.41 Å². The van der Waals surface area contributed by atoms with Crippen LogP contribution in [-0.4, -0.2) is 29.3 Å². The number of rotatable bonds is 5. The Balaban J connectivity index is 2.77. The minimum atomic E-state index is -0.653. The Morgan fingerprint density at radius 3 is 2.68 bits per heavy atom. The van der Waals surface area contributed by atoms with Crippen LogP contribution in [0.1, 0.15) is 59.8 Å². The van der Waals surface area contributed by atoms with Gasteiger partial charge in [-0.2, -0.15) is 0 Å². The third-order valence-corrected chi connectivity index (χ3v) is 3.75. The summed E-state index contributed by atoms with van der Waals surface area (Å²) in [4.78, 5) is 16.4. The van der Waals surface area contributed by atoms with E-state index in [4.69, 9.17) is 0 Å². The molecule has 1 rings (SSSR count). The minimum Gasteiger partial charge on any atom is -0.386 e. The van der Waals surface area contributed by atoms with Gasteiger partial charge in [0.25, 0.3) is 0 Å². The highest BCUT2D eigenvalue weighted by molar-refractivity contribution is 6.08. The van der Waals surface area contributed by atoms with Gasteiger partial charge in [-0.25, -0.2) is 0 Å². The van der Waals surface area contributed by atoms with E-state index in [-0.39, 0.29) is 5.78 Å². The van der Waals surface area contributed by atoms with Gasteiger partial charge in [0.2, 0.25) is 0 Å². The van der Waals surface area contributed by atoms with Crippen molar-refractivity contribution in [3.8, 4) is 0 Å². The summed E-state index contributed by atoms with van der Waals surface area (Å²) in [5.74, 6) is 0.111. The Hall–Kier alpha value is -0.960. The second kappa shape index (κ2) is 6.99. The molecule has 1 atom stereocenters. The van der Waals surface area contributed by atoms with E-state index >= 15 is 0 Å². The average molecular weight is 265 g/mol. The number of aliphatic hydroxyl groups is 1. The predicted octanol–water partition coefficient (Wildman–Crippen LogP) is 3.31. The molecule has 1 aliphatic carbocycles. The van der Waals surface area contributed by atoms with Crippen molar-refractivity contribution in [2.24, 2.45) is 10.4 Å². The van der Waals surface area contributed by atoms with E-state index in [1.165, 1.54) is 19.3 Å². The summed E-state index contributed by atoms with van der Waals surface area (Å²) in [5, 5.41) is 10.4. The van der Waals surface area contributed by atoms with Crippen molar-refractivity contribution in [1.29, 1.82) is 0 Å². The molecule has 1 N–H and O–H groups in total. The van der Waals surface area contributed by atoms with E-state index < -0.39 is 11.5 Å². The number of nitrogens with zero attached hydrogens (tertiary/aromatic N) is 1. The van der Waals surface area contributed by atoms with Crippen LogP contribution in [0.5, 0.6) is 0 Å². The maximum atomic E-state index is 11.9. The summed E-state index contributed by atoms with van der Waals surface area (Å²) in [7, 11) is 0. The highest BCUT2D eigenvalue weighted by Crippen LogP contribution is 2.31. The summed E-state index contributed by atoms with van der Waals surface area (Å²) < 4.78 is 0. The van der Waals surface area contributed by atoms with Crippen molar-refractivity contribution < 1.29 is 9.90 Å². The van der Waals surface area contributed by atoms with Crippen molar-refractivity contribution in [3.63, 3.8) is 0 Å². The largest absolute Gasteiger partial charge is 0.386 e. The number of hydrogen-bond acceptors (Lipinski definition) is 3. The van der Waals surface area contributed by atoms with Crippen molar-refractivity contribution in [3.05, 3.63) is 11.6 Å². The van der Waals surface area contributed by atoms with E-state index in [0.29, 0.717) is 17.7 Å². The quantitative estimate of drug-likeness (QED) is 0.775. The molecular weight excluding hydrogens is 238 g/mol. The molecule has 0 fully saturated rings. The second-order valence-corrected chi connectivity index (χ2v) is 6.19. The fourth-order valence-electron chi connectivity index (χ4n) is 2.31. The van der Waals surface area contributed by atoms with Crippen LogP contribution in [0.3, 0.4) is 0 Å². The maximum absolute atomic E-state index is 11.9. The number of Topliss-reactive ketones (excluding diaryl/α,β-unsaturated/α-hetero) is 1. The first-order valence-electron chi connectivity index (χ1n) is 7.32. The van der Waals surface area contributed by atoms with Gasteiger partial charge in [0.1, 0.15) is 6.10 Å². The molecule has 0 aromatic heterocycles.